The molecule has 0 aliphatic heterocycles. The van der Waals surface area contributed by atoms with Gasteiger partial charge in [-0.3, -0.25) is 0 Å². The average Bonchev–Trinajstić information content (AvgIpc) is 3.76. The van der Waals surface area contributed by atoms with E-state index in [1.807, 2.05) is 0 Å². The van der Waals surface area contributed by atoms with E-state index >= 15 is 0 Å². The van der Waals surface area contributed by atoms with Crippen molar-refractivity contribution in [3.8, 4) is 33.5 Å². The molecule has 8 aromatic carbocycles. The number of pyridine rings is 1. The fourth-order valence-corrected chi connectivity index (χ4v) is 10.0. The SMILES string of the molecule is Cc1c(C2Cc3cc4oc5cc6ccccc6cc5c4cc3-c3ccccc32)c(-c2ccc3c(c2)C(c2ccccc2)c2ccccc2-3)nc2ccccc12. The zero-order chi connectivity index (χ0) is 36.2. The van der Waals surface area contributed by atoms with E-state index < -0.39 is 0 Å². The number of benzene rings is 8. The van der Waals surface area contributed by atoms with Gasteiger partial charge in [0.05, 0.1) is 11.2 Å². The van der Waals surface area contributed by atoms with Crippen LogP contribution in [-0.2, 0) is 6.42 Å². The average molecular weight is 702 g/mol. The minimum Gasteiger partial charge on any atom is -0.456 e. The molecule has 2 unspecified atom stereocenters. The lowest BCUT2D eigenvalue weighted by molar-refractivity contribution is 0.667. The van der Waals surface area contributed by atoms with Crippen LogP contribution in [0.1, 0.15) is 50.8 Å². The molecule has 2 nitrogen and oxygen atoms in total. The molecule has 0 amide bonds. The molecule has 0 fully saturated rings. The van der Waals surface area contributed by atoms with Gasteiger partial charge in [0.15, 0.2) is 0 Å². The highest BCUT2D eigenvalue weighted by Gasteiger charge is 2.33. The van der Waals surface area contributed by atoms with Crippen LogP contribution in [0.2, 0.25) is 0 Å². The quantitative estimate of drug-likeness (QED) is 0.183. The van der Waals surface area contributed by atoms with Gasteiger partial charge in [-0.2, -0.15) is 0 Å². The first-order chi connectivity index (χ1) is 27.2. The predicted octanol–water partition coefficient (Wildman–Crippen LogP) is 13.8. The maximum Gasteiger partial charge on any atom is 0.136 e. The Balaban J connectivity index is 1.07. The summed E-state index contributed by atoms with van der Waals surface area (Å²) in [5.41, 5.74) is 19.7. The van der Waals surface area contributed by atoms with Crippen molar-refractivity contribution in [3.63, 3.8) is 0 Å². The van der Waals surface area contributed by atoms with Crippen LogP contribution in [0.5, 0.6) is 0 Å². The highest BCUT2D eigenvalue weighted by Crippen LogP contribution is 2.52. The molecule has 0 saturated heterocycles. The summed E-state index contributed by atoms with van der Waals surface area (Å²) in [7, 11) is 0. The Bertz CT molecular complexity index is 3210. The fraction of sp³-hybridized carbons (Fsp3) is 0.0755. The van der Waals surface area contributed by atoms with Crippen molar-refractivity contribution < 1.29 is 4.42 Å². The predicted molar refractivity (Wildman–Crippen MR) is 227 cm³/mol. The standard InChI is InChI=1S/C53H35NO/c1-31-37-17-11-12-22-48(37)54-53(35-23-24-41-38-18-9-10-21-42(38)52(47(41)26-35)32-13-3-2-4-14-32)51(31)46-27-36-29-50-45(30-43(36)39-19-7-8-20-40(39)46)44-25-33-15-5-6-16-34(33)28-49(44)55-50/h2-26,28-30,46,52H,27H2,1H3. The van der Waals surface area contributed by atoms with Gasteiger partial charge >= 0.3 is 0 Å². The number of aromatic nitrogens is 1. The number of hydrogen-bond acceptors (Lipinski definition) is 2. The maximum absolute atomic E-state index is 6.63. The number of aryl methyl sites for hydroxylation is 1. The summed E-state index contributed by atoms with van der Waals surface area (Å²) in [6.45, 7) is 2.31. The van der Waals surface area contributed by atoms with Crippen LogP contribution in [0.4, 0.5) is 0 Å². The lowest BCUT2D eigenvalue weighted by Gasteiger charge is -2.31. The van der Waals surface area contributed by atoms with Crippen molar-refractivity contribution in [2.45, 2.75) is 25.2 Å². The zero-order valence-corrected chi connectivity index (χ0v) is 30.4. The first-order valence-corrected chi connectivity index (χ1v) is 19.3. The molecule has 55 heavy (non-hydrogen) atoms. The number of hydrogen-bond donors (Lipinski definition) is 0. The number of fused-ring (bicyclic) bond motifs is 11. The van der Waals surface area contributed by atoms with Gasteiger partial charge in [0.2, 0.25) is 0 Å². The van der Waals surface area contributed by atoms with E-state index in [1.165, 1.54) is 93.7 Å². The van der Waals surface area contributed by atoms with Crippen molar-refractivity contribution in [3.05, 3.63) is 209 Å². The smallest absolute Gasteiger partial charge is 0.136 e. The normalized spacial score (nSPS) is 15.7. The second kappa shape index (κ2) is 11.6. The minimum atomic E-state index is 0.107. The molecule has 2 aromatic heterocycles. The lowest BCUT2D eigenvalue weighted by Crippen LogP contribution is -2.16. The first-order valence-electron chi connectivity index (χ1n) is 19.3. The van der Waals surface area contributed by atoms with Crippen molar-refractivity contribution in [2.24, 2.45) is 0 Å². The van der Waals surface area contributed by atoms with Gasteiger partial charge in [-0.25, -0.2) is 4.98 Å². The summed E-state index contributed by atoms with van der Waals surface area (Å²) in [6, 6.07) is 62.4. The third-order valence-corrected chi connectivity index (χ3v) is 12.5. The number of rotatable bonds is 3. The Morgan fingerprint density at radius 2 is 1.16 bits per heavy atom. The second-order valence-electron chi connectivity index (χ2n) is 15.4. The summed E-state index contributed by atoms with van der Waals surface area (Å²) >= 11 is 0. The molecule has 0 N–H and O–H groups in total. The third-order valence-electron chi connectivity index (χ3n) is 12.5. The van der Waals surface area contributed by atoms with E-state index in [4.69, 9.17) is 9.40 Å². The van der Waals surface area contributed by atoms with Crippen LogP contribution in [0.25, 0.3) is 77.1 Å². The topological polar surface area (TPSA) is 26.0 Å². The number of furan rings is 1. The molecule has 10 aromatic rings. The third kappa shape index (κ3) is 4.52. The molecule has 2 atom stereocenters. The van der Waals surface area contributed by atoms with Gasteiger partial charge in [-0.1, -0.05) is 133 Å². The van der Waals surface area contributed by atoms with Crippen LogP contribution in [0.15, 0.2) is 174 Å². The van der Waals surface area contributed by atoms with Crippen LogP contribution < -0.4 is 0 Å². The highest BCUT2D eigenvalue weighted by molar-refractivity contribution is 6.11. The Labute approximate surface area is 319 Å². The molecule has 0 bridgehead atoms. The van der Waals surface area contributed by atoms with Crippen molar-refractivity contribution in [2.75, 3.05) is 0 Å². The molecule has 0 spiro atoms. The molecule has 2 aliphatic rings. The van der Waals surface area contributed by atoms with Gasteiger partial charge in [-0.05, 0) is 122 Å². The molecular weight excluding hydrogens is 667 g/mol. The minimum absolute atomic E-state index is 0.107. The second-order valence-corrected chi connectivity index (χ2v) is 15.4. The Morgan fingerprint density at radius 3 is 2.02 bits per heavy atom. The highest BCUT2D eigenvalue weighted by atomic mass is 16.3. The summed E-state index contributed by atoms with van der Waals surface area (Å²) in [4.78, 5) is 5.57. The van der Waals surface area contributed by atoms with E-state index in [2.05, 4.69) is 177 Å². The van der Waals surface area contributed by atoms with Crippen LogP contribution >= 0.6 is 0 Å². The molecule has 0 radical (unpaired) electrons. The largest absolute Gasteiger partial charge is 0.456 e. The molecule has 258 valence electrons. The van der Waals surface area contributed by atoms with Crippen LogP contribution in [0.3, 0.4) is 0 Å². The summed E-state index contributed by atoms with van der Waals surface area (Å²) in [5.74, 6) is 0.277. The van der Waals surface area contributed by atoms with E-state index in [9.17, 15) is 0 Å². The molecular formula is C53H35NO. The number of nitrogens with zero attached hydrogens (tertiary/aromatic N) is 1. The summed E-state index contributed by atoms with van der Waals surface area (Å²) in [6.07, 6.45) is 0.859. The van der Waals surface area contributed by atoms with Crippen molar-refractivity contribution in [1.82, 2.24) is 4.98 Å². The van der Waals surface area contributed by atoms with Crippen molar-refractivity contribution in [1.29, 1.82) is 0 Å². The molecule has 2 aliphatic carbocycles. The van der Waals surface area contributed by atoms with E-state index in [0.29, 0.717) is 0 Å². The van der Waals surface area contributed by atoms with E-state index in [1.54, 1.807) is 0 Å². The van der Waals surface area contributed by atoms with Gasteiger partial charge < -0.3 is 4.42 Å². The van der Waals surface area contributed by atoms with Crippen LogP contribution in [0, 0.1) is 6.92 Å². The van der Waals surface area contributed by atoms with Gasteiger partial charge in [0.25, 0.3) is 0 Å². The van der Waals surface area contributed by atoms with Gasteiger partial charge in [0, 0.05) is 33.6 Å². The summed E-state index contributed by atoms with van der Waals surface area (Å²) < 4.78 is 6.63. The van der Waals surface area contributed by atoms with E-state index in [0.717, 1.165) is 28.8 Å². The lowest BCUT2D eigenvalue weighted by atomic mass is 9.73. The first kappa shape index (κ1) is 30.7. The van der Waals surface area contributed by atoms with Crippen LogP contribution in [-0.4, -0.2) is 4.98 Å². The Kier molecular flexibility index (Phi) is 6.48. The summed E-state index contributed by atoms with van der Waals surface area (Å²) in [5, 5.41) is 5.97. The Hall–Kier alpha value is -6.77. The Morgan fingerprint density at radius 1 is 0.509 bits per heavy atom. The molecule has 2 heterocycles. The number of para-hydroxylation sites is 1. The molecule has 2 heteroatoms. The van der Waals surface area contributed by atoms with E-state index in [-0.39, 0.29) is 11.8 Å². The monoisotopic (exact) mass is 701 g/mol. The maximum atomic E-state index is 6.63. The zero-order valence-electron chi connectivity index (χ0n) is 30.4. The fourth-order valence-electron chi connectivity index (χ4n) is 10.0. The van der Waals surface area contributed by atoms with Gasteiger partial charge in [0.1, 0.15) is 11.2 Å². The molecule has 0 saturated carbocycles. The van der Waals surface area contributed by atoms with Crippen molar-refractivity contribution >= 4 is 43.6 Å². The van der Waals surface area contributed by atoms with Gasteiger partial charge in [-0.15, -0.1) is 0 Å². The molecule has 12 rings (SSSR count).